The smallest absolute Gasteiger partial charge is 0.264 e. The third kappa shape index (κ3) is 3.42. The molecule has 1 atom stereocenters. The van der Waals surface area contributed by atoms with Crippen molar-refractivity contribution in [2.24, 2.45) is 15.3 Å². The summed E-state index contributed by atoms with van der Waals surface area (Å²) in [4.78, 5) is 13.3. The molecule has 0 bridgehead atoms. The summed E-state index contributed by atoms with van der Waals surface area (Å²) in [6, 6.07) is 7.82. The maximum atomic E-state index is 11.2. The second-order valence-electron chi connectivity index (χ2n) is 4.35. The quantitative estimate of drug-likeness (QED) is 0.517. The molecule has 0 aromatic heterocycles. The molecule has 1 aliphatic heterocycles. The molecular formula is C13H14ClN5O. The second-order valence-corrected chi connectivity index (χ2v) is 4.79. The number of nitrogens with zero attached hydrogens (tertiary/aromatic N) is 4. The zero-order valence-corrected chi connectivity index (χ0v) is 11.9. The molecule has 1 aromatic carbocycles. The van der Waals surface area contributed by atoms with Gasteiger partial charge in [-0.1, -0.05) is 12.1 Å². The Balaban J connectivity index is 2.08. The van der Waals surface area contributed by atoms with Crippen molar-refractivity contribution in [3.63, 3.8) is 0 Å². The van der Waals surface area contributed by atoms with E-state index in [4.69, 9.17) is 11.6 Å². The van der Waals surface area contributed by atoms with Gasteiger partial charge in [-0.05, 0) is 17.7 Å². The monoisotopic (exact) mass is 291 g/mol. The summed E-state index contributed by atoms with van der Waals surface area (Å²) >= 11 is 5.86. The number of rotatable bonds is 3. The van der Waals surface area contributed by atoms with E-state index in [0.29, 0.717) is 5.71 Å². The van der Waals surface area contributed by atoms with Crippen LogP contribution in [0, 0.1) is 0 Å². The standard InChI is InChI=1S/C13H14ClN5O/c1-19(2)10-5-3-9(4-6-10)7-15-17-11-8-16-18-13(20)12(11)14/h3-8,12H,1-2H3,(H,18,20)/b15-7-,17-11-. The van der Waals surface area contributed by atoms with Crippen LogP contribution in [-0.4, -0.2) is 43.5 Å². The predicted octanol–water partition coefficient (Wildman–Crippen LogP) is 1.25. The number of hydrogen-bond acceptors (Lipinski definition) is 5. The highest BCUT2D eigenvalue weighted by Gasteiger charge is 2.23. The highest BCUT2D eigenvalue weighted by atomic mass is 35.5. The number of hydrazone groups is 1. The van der Waals surface area contributed by atoms with Crippen molar-refractivity contribution in [3.8, 4) is 0 Å². The van der Waals surface area contributed by atoms with Crippen molar-refractivity contribution in [1.29, 1.82) is 0 Å². The fraction of sp³-hybridized carbons (Fsp3) is 0.231. The number of carbonyl (C=O) groups is 1. The molecular weight excluding hydrogens is 278 g/mol. The number of nitrogens with one attached hydrogen (secondary N) is 1. The maximum Gasteiger partial charge on any atom is 0.264 e. The van der Waals surface area contributed by atoms with Crippen LogP contribution in [0.4, 0.5) is 5.69 Å². The summed E-state index contributed by atoms with van der Waals surface area (Å²) in [5.41, 5.74) is 4.57. The molecule has 0 fully saturated rings. The molecule has 0 saturated heterocycles. The Kier molecular flexibility index (Phi) is 4.47. The van der Waals surface area contributed by atoms with E-state index in [-0.39, 0.29) is 0 Å². The SMILES string of the molecule is CN(C)c1ccc(/C=N\N=C2\C=NNC(=O)C2Cl)cc1. The van der Waals surface area contributed by atoms with E-state index < -0.39 is 11.3 Å². The first-order valence-electron chi connectivity index (χ1n) is 5.93. The molecule has 104 valence electrons. The Morgan fingerprint density at radius 1 is 1.35 bits per heavy atom. The lowest BCUT2D eigenvalue weighted by molar-refractivity contribution is -0.119. The fourth-order valence-corrected chi connectivity index (χ4v) is 1.66. The van der Waals surface area contributed by atoms with Crippen LogP contribution in [0.5, 0.6) is 0 Å². The lowest BCUT2D eigenvalue weighted by Crippen LogP contribution is -2.38. The Hall–Kier alpha value is -2.21. The summed E-state index contributed by atoms with van der Waals surface area (Å²) in [6.07, 6.45) is 2.97. The van der Waals surface area contributed by atoms with E-state index in [1.54, 1.807) is 6.21 Å². The van der Waals surface area contributed by atoms with Crippen LogP contribution in [0.3, 0.4) is 0 Å². The predicted molar refractivity (Wildman–Crippen MR) is 82.1 cm³/mol. The van der Waals surface area contributed by atoms with Crippen molar-refractivity contribution >= 4 is 41.3 Å². The van der Waals surface area contributed by atoms with Crippen LogP contribution in [0.15, 0.2) is 39.6 Å². The summed E-state index contributed by atoms with van der Waals surface area (Å²) in [7, 11) is 3.95. The average Bonchev–Trinajstić information content (AvgIpc) is 2.44. The minimum Gasteiger partial charge on any atom is -0.378 e. The molecule has 0 saturated carbocycles. The lowest BCUT2D eigenvalue weighted by Gasteiger charge is -2.11. The Bertz CT molecular complexity index is 577. The van der Waals surface area contributed by atoms with Crippen molar-refractivity contribution in [2.75, 3.05) is 19.0 Å². The molecule has 7 heteroatoms. The van der Waals surface area contributed by atoms with Crippen LogP contribution in [-0.2, 0) is 4.79 Å². The van der Waals surface area contributed by atoms with Gasteiger partial charge in [-0.25, -0.2) is 5.43 Å². The molecule has 0 radical (unpaired) electrons. The molecule has 0 spiro atoms. The number of benzene rings is 1. The van der Waals surface area contributed by atoms with Gasteiger partial charge in [-0.2, -0.15) is 15.3 Å². The largest absolute Gasteiger partial charge is 0.378 e. The number of halogens is 1. The van der Waals surface area contributed by atoms with E-state index >= 15 is 0 Å². The van der Waals surface area contributed by atoms with Gasteiger partial charge in [0.05, 0.1) is 12.4 Å². The highest BCUT2D eigenvalue weighted by Crippen LogP contribution is 2.11. The van der Waals surface area contributed by atoms with Gasteiger partial charge in [-0.3, -0.25) is 4.79 Å². The van der Waals surface area contributed by atoms with Crippen molar-refractivity contribution in [1.82, 2.24) is 5.43 Å². The first-order chi connectivity index (χ1) is 9.58. The molecule has 1 unspecified atom stereocenters. The van der Waals surface area contributed by atoms with E-state index in [1.165, 1.54) is 6.21 Å². The number of alkyl halides is 1. The summed E-state index contributed by atoms with van der Waals surface area (Å²) in [6.45, 7) is 0. The molecule has 6 nitrogen and oxygen atoms in total. The van der Waals surface area contributed by atoms with E-state index in [2.05, 4.69) is 20.7 Å². The van der Waals surface area contributed by atoms with Crippen LogP contribution in [0.1, 0.15) is 5.56 Å². The van der Waals surface area contributed by atoms with Crippen molar-refractivity contribution < 1.29 is 4.79 Å². The number of hydrogen-bond donors (Lipinski definition) is 1. The fourth-order valence-electron chi connectivity index (χ4n) is 1.52. The normalized spacial score (nSPS) is 20.4. The van der Waals surface area contributed by atoms with Crippen LogP contribution in [0.25, 0.3) is 0 Å². The van der Waals surface area contributed by atoms with E-state index in [1.807, 2.05) is 43.3 Å². The van der Waals surface area contributed by atoms with Gasteiger partial charge < -0.3 is 4.90 Å². The van der Waals surface area contributed by atoms with Crippen LogP contribution < -0.4 is 10.3 Å². The zero-order chi connectivity index (χ0) is 14.5. The molecule has 1 N–H and O–H groups in total. The van der Waals surface area contributed by atoms with Crippen LogP contribution in [0.2, 0.25) is 0 Å². The number of amides is 1. The minimum atomic E-state index is -0.860. The highest BCUT2D eigenvalue weighted by molar-refractivity contribution is 6.54. The van der Waals surface area contributed by atoms with E-state index in [0.717, 1.165) is 11.3 Å². The topological polar surface area (TPSA) is 69.4 Å². The number of carbonyl (C=O) groups excluding carboxylic acids is 1. The number of anilines is 1. The third-order valence-electron chi connectivity index (χ3n) is 2.65. The van der Waals surface area contributed by atoms with Gasteiger partial charge in [0, 0.05) is 19.8 Å². The van der Waals surface area contributed by atoms with Gasteiger partial charge >= 0.3 is 0 Å². The Morgan fingerprint density at radius 3 is 2.70 bits per heavy atom. The maximum absolute atomic E-state index is 11.2. The molecule has 1 aliphatic rings. The van der Waals surface area contributed by atoms with Gasteiger partial charge in [-0.15, -0.1) is 11.6 Å². The van der Waals surface area contributed by atoms with Gasteiger partial charge in [0.2, 0.25) is 0 Å². The Labute approximate surface area is 121 Å². The third-order valence-corrected chi connectivity index (χ3v) is 3.07. The van der Waals surface area contributed by atoms with E-state index in [9.17, 15) is 4.79 Å². The van der Waals surface area contributed by atoms with Crippen molar-refractivity contribution in [2.45, 2.75) is 5.38 Å². The Morgan fingerprint density at radius 2 is 2.05 bits per heavy atom. The molecule has 0 aliphatic carbocycles. The summed E-state index contributed by atoms with van der Waals surface area (Å²) in [5.74, 6) is -0.404. The van der Waals surface area contributed by atoms with Crippen LogP contribution >= 0.6 is 11.6 Å². The minimum absolute atomic E-state index is 0.316. The first-order valence-corrected chi connectivity index (χ1v) is 6.37. The lowest BCUT2D eigenvalue weighted by atomic mass is 10.2. The van der Waals surface area contributed by atoms with Gasteiger partial charge in [0.15, 0.2) is 5.38 Å². The average molecular weight is 292 g/mol. The second kappa shape index (κ2) is 6.29. The first kappa shape index (κ1) is 14.2. The summed E-state index contributed by atoms with van der Waals surface area (Å²) in [5, 5.41) is 10.6. The summed E-state index contributed by atoms with van der Waals surface area (Å²) < 4.78 is 0. The molecule has 1 heterocycles. The molecule has 1 amide bonds. The van der Waals surface area contributed by atoms with Gasteiger partial charge in [0.25, 0.3) is 5.91 Å². The van der Waals surface area contributed by atoms with Gasteiger partial charge in [0.1, 0.15) is 5.71 Å². The molecule has 20 heavy (non-hydrogen) atoms. The zero-order valence-electron chi connectivity index (χ0n) is 11.1. The molecule has 1 aromatic rings. The van der Waals surface area contributed by atoms with Crippen molar-refractivity contribution in [3.05, 3.63) is 29.8 Å². The molecule has 2 rings (SSSR count).